The molecule has 0 unspecified atom stereocenters. The van der Waals surface area contributed by atoms with E-state index < -0.39 is 19.8 Å². The minimum atomic E-state index is -4.35. The third-order valence-electron chi connectivity index (χ3n) is 3.32. The van der Waals surface area contributed by atoms with Crippen molar-refractivity contribution >= 4 is 19.5 Å². The summed E-state index contributed by atoms with van der Waals surface area (Å²) in [6.45, 7) is 8.30. The van der Waals surface area contributed by atoms with Crippen LogP contribution in [0.3, 0.4) is 0 Å². The molecule has 25 heavy (non-hydrogen) atoms. The summed E-state index contributed by atoms with van der Waals surface area (Å²) in [5.41, 5.74) is 5.47. The van der Waals surface area contributed by atoms with E-state index in [0.717, 1.165) is 23.4 Å². The molecule has 0 aliphatic rings. The third kappa shape index (κ3) is 5.91. The van der Waals surface area contributed by atoms with Gasteiger partial charge in [0.05, 0.1) is 11.3 Å². The number of nitrogens with zero attached hydrogens (tertiary/aromatic N) is 1. The van der Waals surface area contributed by atoms with Gasteiger partial charge in [0, 0.05) is 5.56 Å². The number of alkyl halides is 3. The highest BCUT2D eigenvalue weighted by Crippen LogP contribution is 2.29. The third-order valence-corrected chi connectivity index (χ3v) is 4.19. The predicted octanol–water partition coefficient (Wildman–Crippen LogP) is 6.02. The van der Waals surface area contributed by atoms with Gasteiger partial charge in [-0.3, -0.25) is 0 Å². The number of rotatable bonds is 2. The minimum Gasteiger partial charge on any atom is -0.239 e. The average molecular weight is 359 g/mol. The molecule has 0 aliphatic heterocycles. The standard InChI is InChI=1S/C20H20F3NSi/c1-15-5-11-18(12-6-15)24-19(13-14-25(2,3)4)16-7-9-17(10-8-16)20(21,22)23/h5-12H,1-4H3. The van der Waals surface area contributed by atoms with Crippen LogP contribution in [0.4, 0.5) is 18.9 Å². The van der Waals surface area contributed by atoms with Crippen LogP contribution in [0.1, 0.15) is 16.7 Å². The van der Waals surface area contributed by atoms with Crippen LogP contribution in [-0.2, 0) is 6.18 Å². The largest absolute Gasteiger partial charge is 0.416 e. The van der Waals surface area contributed by atoms with E-state index in [0.29, 0.717) is 11.3 Å². The van der Waals surface area contributed by atoms with Crippen molar-refractivity contribution < 1.29 is 13.2 Å². The van der Waals surface area contributed by atoms with E-state index in [2.05, 4.69) is 36.1 Å². The Morgan fingerprint density at radius 3 is 1.96 bits per heavy atom. The van der Waals surface area contributed by atoms with Crippen molar-refractivity contribution in [1.29, 1.82) is 0 Å². The molecule has 0 saturated carbocycles. The Morgan fingerprint density at radius 2 is 1.48 bits per heavy atom. The second kappa shape index (κ2) is 7.28. The summed E-state index contributed by atoms with van der Waals surface area (Å²) in [6, 6.07) is 12.6. The van der Waals surface area contributed by atoms with E-state index in [1.54, 1.807) is 0 Å². The fourth-order valence-corrected chi connectivity index (χ4v) is 2.47. The van der Waals surface area contributed by atoms with Gasteiger partial charge in [0.1, 0.15) is 13.8 Å². The van der Waals surface area contributed by atoms with Gasteiger partial charge in [-0.1, -0.05) is 55.4 Å². The van der Waals surface area contributed by atoms with Gasteiger partial charge in [-0.15, -0.1) is 5.54 Å². The lowest BCUT2D eigenvalue weighted by molar-refractivity contribution is -0.137. The SMILES string of the molecule is Cc1ccc(N=C(C#C[Si](C)(C)C)c2ccc(C(F)(F)F)cc2)cc1. The summed E-state index contributed by atoms with van der Waals surface area (Å²) in [4.78, 5) is 4.55. The number of aryl methyl sites for hydroxylation is 1. The molecule has 0 heterocycles. The molecule has 2 rings (SSSR count). The molecule has 1 nitrogen and oxygen atoms in total. The predicted molar refractivity (Wildman–Crippen MR) is 99.9 cm³/mol. The zero-order valence-corrected chi connectivity index (χ0v) is 15.7. The van der Waals surface area contributed by atoms with Gasteiger partial charge < -0.3 is 0 Å². The molecular formula is C20H20F3NSi. The molecule has 5 heteroatoms. The van der Waals surface area contributed by atoms with E-state index in [9.17, 15) is 13.2 Å². The first kappa shape index (κ1) is 19.0. The Morgan fingerprint density at radius 1 is 0.920 bits per heavy atom. The number of aliphatic imine (C=N–C) groups is 1. The summed E-state index contributed by atoms with van der Waals surface area (Å²) in [5, 5.41) is 0. The molecule has 0 amide bonds. The summed E-state index contributed by atoms with van der Waals surface area (Å²) in [5.74, 6) is 3.08. The number of hydrogen-bond donors (Lipinski definition) is 0. The van der Waals surface area contributed by atoms with Crippen LogP contribution in [0.5, 0.6) is 0 Å². The molecule has 0 saturated heterocycles. The van der Waals surface area contributed by atoms with E-state index >= 15 is 0 Å². The molecule has 0 aliphatic carbocycles. The maximum absolute atomic E-state index is 12.8. The Balaban J connectivity index is 2.47. The van der Waals surface area contributed by atoms with Gasteiger partial charge in [-0.2, -0.15) is 13.2 Å². The second-order valence-electron chi connectivity index (χ2n) is 6.87. The van der Waals surface area contributed by atoms with Crippen molar-refractivity contribution in [3.8, 4) is 11.5 Å². The lowest BCUT2D eigenvalue weighted by atomic mass is 10.1. The molecule has 0 atom stereocenters. The van der Waals surface area contributed by atoms with Crippen molar-refractivity contribution in [1.82, 2.24) is 0 Å². The number of hydrogen-bond acceptors (Lipinski definition) is 1. The quantitative estimate of drug-likeness (QED) is 0.353. The fourth-order valence-electron chi connectivity index (χ4n) is 1.98. The first-order valence-corrected chi connectivity index (χ1v) is 11.4. The Labute approximate surface area is 147 Å². The van der Waals surface area contributed by atoms with Gasteiger partial charge >= 0.3 is 6.18 Å². The van der Waals surface area contributed by atoms with E-state index in [1.165, 1.54) is 12.1 Å². The molecule has 0 radical (unpaired) electrons. The fraction of sp³-hybridized carbons (Fsp3) is 0.250. The number of benzene rings is 2. The van der Waals surface area contributed by atoms with Gasteiger partial charge in [-0.05, 0) is 31.2 Å². The van der Waals surface area contributed by atoms with E-state index in [4.69, 9.17) is 0 Å². The summed E-state index contributed by atoms with van der Waals surface area (Å²) in [7, 11) is -1.64. The maximum atomic E-state index is 12.8. The molecule has 2 aromatic carbocycles. The van der Waals surface area contributed by atoms with Crippen LogP contribution in [0.2, 0.25) is 19.6 Å². The van der Waals surface area contributed by atoms with Gasteiger partial charge in [0.25, 0.3) is 0 Å². The molecular weight excluding hydrogens is 339 g/mol. The van der Waals surface area contributed by atoms with Crippen molar-refractivity contribution in [2.45, 2.75) is 32.7 Å². The van der Waals surface area contributed by atoms with Crippen molar-refractivity contribution in [3.05, 3.63) is 65.2 Å². The summed E-state index contributed by atoms with van der Waals surface area (Å²) in [6.07, 6.45) is -4.35. The topological polar surface area (TPSA) is 12.4 Å². The molecule has 0 N–H and O–H groups in total. The first-order valence-electron chi connectivity index (χ1n) is 7.91. The second-order valence-corrected chi connectivity index (χ2v) is 11.6. The number of halogens is 3. The van der Waals surface area contributed by atoms with E-state index in [-0.39, 0.29) is 0 Å². The van der Waals surface area contributed by atoms with Crippen LogP contribution in [0.15, 0.2) is 53.5 Å². The monoisotopic (exact) mass is 359 g/mol. The van der Waals surface area contributed by atoms with Gasteiger partial charge in [-0.25, -0.2) is 4.99 Å². The zero-order chi connectivity index (χ0) is 18.7. The molecule has 0 spiro atoms. The van der Waals surface area contributed by atoms with Gasteiger partial charge in [0.15, 0.2) is 0 Å². The lowest BCUT2D eigenvalue weighted by Crippen LogP contribution is -2.17. The Kier molecular flexibility index (Phi) is 5.54. The molecule has 0 fully saturated rings. The highest BCUT2D eigenvalue weighted by atomic mass is 28.3. The average Bonchev–Trinajstić information content (AvgIpc) is 2.52. The highest BCUT2D eigenvalue weighted by Gasteiger charge is 2.30. The minimum absolute atomic E-state index is 0.486. The summed E-state index contributed by atoms with van der Waals surface area (Å²) < 4.78 is 38.3. The van der Waals surface area contributed by atoms with Crippen LogP contribution in [0, 0.1) is 18.4 Å². The summed E-state index contributed by atoms with van der Waals surface area (Å²) >= 11 is 0. The first-order chi connectivity index (χ1) is 11.5. The van der Waals surface area contributed by atoms with Crippen LogP contribution >= 0.6 is 0 Å². The van der Waals surface area contributed by atoms with Crippen molar-refractivity contribution in [3.63, 3.8) is 0 Å². The smallest absolute Gasteiger partial charge is 0.239 e. The Hall–Kier alpha value is -2.32. The maximum Gasteiger partial charge on any atom is 0.416 e. The molecule has 0 bridgehead atoms. The Bertz CT molecular complexity index is 815. The van der Waals surface area contributed by atoms with Crippen LogP contribution in [-0.4, -0.2) is 13.8 Å². The zero-order valence-electron chi connectivity index (χ0n) is 14.7. The normalized spacial score (nSPS) is 12.5. The molecule has 2 aromatic rings. The van der Waals surface area contributed by atoms with Crippen LogP contribution in [0.25, 0.3) is 0 Å². The van der Waals surface area contributed by atoms with Crippen LogP contribution < -0.4 is 0 Å². The van der Waals surface area contributed by atoms with Gasteiger partial charge in [0.2, 0.25) is 0 Å². The van der Waals surface area contributed by atoms with Crippen molar-refractivity contribution in [2.75, 3.05) is 0 Å². The molecule has 0 aromatic heterocycles. The lowest BCUT2D eigenvalue weighted by Gasteiger charge is -2.08. The highest BCUT2D eigenvalue weighted by molar-refractivity contribution is 6.84. The van der Waals surface area contributed by atoms with E-state index in [1.807, 2.05) is 31.2 Å². The van der Waals surface area contributed by atoms with Crippen molar-refractivity contribution in [2.24, 2.45) is 4.99 Å². The molecule has 130 valence electrons.